The van der Waals surface area contributed by atoms with Crippen LogP contribution in [0.1, 0.15) is 17.3 Å². The second-order valence-corrected chi connectivity index (χ2v) is 7.74. The van der Waals surface area contributed by atoms with Crippen molar-refractivity contribution in [3.05, 3.63) is 23.8 Å². The summed E-state index contributed by atoms with van der Waals surface area (Å²) in [6.07, 6.45) is 0. The Kier molecular flexibility index (Phi) is 6.84. The lowest BCUT2D eigenvalue weighted by Crippen LogP contribution is -2.20. The highest BCUT2D eigenvalue weighted by Gasteiger charge is 2.17. The van der Waals surface area contributed by atoms with Crippen LogP contribution in [0.25, 0.3) is 10.2 Å². The summed E-state index contributed by atoms with van der Waals surface area (Å²) in [5.41, 5.74) is 6.73. The van der Waals surface area contributed by atoms with Gasteiger partial charge in [-0.1, -0.05) is 23.1 Å². The average Bonchev–Trinajstić information content (AvgIpc) is 3.28. The first-order valence-corrected chi connectivity index (χ1v) is 10.5. The van der Waals surface area contributed by atoms with Gasteiger partial charge in [-0.2, -0.15) is 0 Å². The van der Waals surface area contributed by atoms with Crippen molar-refractivity contribution >= 4 is 62.2 Å². The van der Waals surface area contributed by atoms with Crippen LogP contribution in [-0.4, -0.2) is 57.1 Å². The van der Waals surface area contributed by atoms with Crippen molar-refractivity contribution in [2.24, 2.45) is 0 Å². The Balaban J connectivity index is 1.69. The number of carbonyl (C=O) groups is 3. The predicted octanol–water partition coefficient (Wildman–Crippen LogP) is 1.55. The monoisotopic (exact) mass is 450 g/mol. The first-order valence-electron chi connectivity index (χ1n) is 8.67. The number of nitrogens with two attached hydrogens (primary N) is 1. The number of aromatic nitrogens is 4. The van der Waals surface area contributed by atoms with Crippen LogP contribution in [0.15, 0.2) is 23.4 Å². The summed E-state index contributed by atoms with van der Waals surface area (Å²) in [7, 11) is 1.28. The Labute approximate surface area is 179 Å². The number of nitrogens with one attached hydrogen (secondary N) is 1. The van der Waals surface area contributed by atoms with Gasteiger partial charge in [-0.25, -0.2) is 9.78 Å². The number of hydrogen-bond acceptors (Lipinski definition) is 11. The van der Waals surface area contributed by atoms with E-state index in [-0.39, 0.29) is 24.9 Å². The molecule has 11 nitrogen and oxygen atoms in total. The molecule has 158 valence electrons. The second-order valence-electron chi connectivity index (χ2n) is 5.76. The fourth-order valence-electron chi connectivity index (χ4n) is 2.36. The normalized spacial score (nSPS) is 10.7. The molecule has 13 heteroatoms. The second kappa shape index (κ2) is 9.54. The van der Waals surface area contributed by atoms with E-state index in [0.29, 0.717) is 21.4 Å². The van der Waals surface area contributed by atoms with Gasteiger partial charge in [0, 0.05) is 0 Å². The third-order valence-corrected chi connectivity index (χ3v) is 5.63. The summed E-state index contributed by atoms with van der Waals surface area (Å²) in [5, 5.41) is 11.0. The van der Waals surface area contributed by atoms with Gasteiger partial charge in [0.1, 0.15) is 6.54 Å². The maximum absolute atomic E-state index is 12.5. The Hall–Kier alpha value is -3.19. The first-order chi connectivity index (χ1) is 14.4. The number of esters is 2. The Morgan fingerprint density at radius 1 is 1.30 bits per heavy atom. The molecule has 3 N–H and O–H groups in total. The van der Waals surface area contributed by atoms with E-state index in [1.165, 1.54) is 23.0 Å². The van der Waals surface area contributed by atoms with Crippen LogP contribution in [0.4, 0.5) is 11.1 Å². The zero-order valence-corrected chi connectivity index (χ0v) is 17.7. The number of rotatable bonds is 8. The lowest BCUT2D eigenvalue weighted by Gasteiger charge is -2.07. The Morgan fingerprint density at radius 3 is 2.83 bits per heavy atom. The zero-order valence-electron chi connectivity index (χ0n) is 16.1. The van der Waals surface area contributed by atoms with Gasteiger partial charge in [0.15, 0.2) is 10.3 Å². The summed E-state index contributed by atoms with van der Waals surface area (Å²) in [5.74, 6) is -1.21. The molecule has 0 spiro atoms. The fraction of sp³-hybridized carbons (Fsp3) is 0.294. The van der Waals surface area contributed by atoms with Gasteiger partial charge < -0.3 is 20.5 Å². The summed E-state index contributed by atoms with van der Waals surface area (Å²) in [6, 6.07) is 5.00. The SMILES string of the molecule is CCOC(=O)c1ccc2sc(NC(=O)Cn3c(N)nnc3SCC(=O)OC)nc2c1. The molecule has 0 bridgehead atoms. The molecule has 2 aromatic heterocycles. The fourth-order valence-corrected chi connectivity index (χ4v) is 4.00. The number of carbonyl (C=O) groups excluding carboxylic acids is 3. The van der Waals surface area contributed by atoms with E-state index < -0.39 is 17.8 Å². The summed E-state index contributed by atoms with van der Waals surface area (Å²) in [4.78, 5) is 40.0. The molecule has 2 heterocycles. The Bertz CT molecular complexity index is 1100. The van der Waals surface area contributed by atoms with E-state index in [1.54, 1.807) is 25.1 Å². The van der Waals surface area contributed by atoms with Crippen LogP contribution in [0.5, 0.6) is 0 Å². The Morgan fingerprint density at radius 2 is 2.10 bits per heavy atom. The van der Waals surface area contributed by atoms with Gasteiger partial charge in [0.05, 0.1) is 35.2 Å². The molecule has 0 aliphatic rings. The third-order valence-electron chi connectivity index (χ3n) is 3.74. The number of benzene rings is 1. The highest BCUT2D eigenvalue weighted by molar-refractivity contribution is 7.99. The highest BCUT2D eigenvalue weighted by Crippen LogP contribution is 2.27. The molecule has 1 aromatic carbocycles. The van der Waals surface area contributed by atoms with Gasteiger partial charge in [-0.15, -0.1) is 10.2 Å². The molecular weight excluding hydrogens is 432 g/mol. The molecule has 3 rings (SSSR count). The van der Waals surface area contributed by atoms with Crippen LogP contribution >= 0.6 is 23.1 Å². The van der Waals surface area contributed by atoms with Crippen molar-refractivity contribution < 1.29 is 23.9 Å². The minimum atomic E-state index is -0.436. The maximum Gasteiger partial charge on any atom is 0.338 e. The van der Waals surface area contributed by atoms with E-state index in [4.69, 9.17) is 10.5 Å². The average molecular weight is 451 g/mol. The quantitative estimate of drug-likeness (QED) is 0.382. The minimum absolute atomic E-state index is 0.0108. The van der Waals surface area contributed by atoms with Gasteiger partial charge in [-0.3, -0.25) is 14.2 Å². The molecule has 30 heavy (non-hydrogen) atoms. The van der Waals surface area contributed by atoms with Crippen molar-refractivity contribution in [3.8, 4) is 0 Å². The molecule has 0 saturated carbocycles. The number of thiazole rings is 1. The van der Waals surface area contributed by atoms with Crippen LogP contribution in [0.3, 0.4) is 0 Å². The molecule has 0 fully saturated rings. The highest BCUT2D eigenvalue weighted by atomic mass is 32.2. The number of anilines is 2. The molecule has 0 aliphatic carbocycles. The number of thioether (sulfide) groups is 1. The number of nitrogens with zero attached hydrogens (tertiary/aromatic N) is 4. The molecule has 0 unspecified atom stereocenters. The van der Waals surface area contributed by atoms with E-state index in [2.05, 4.69) is 25.2 Å². The van der Waals surface area contributed by atoms with Crippen LogP contribution in [0.2, 0.25) is 0 Å². The van der Waals surface area contributed by atoms with Crippen molar-refractivity contribution in [1.82, 2.24) is 19.7 Å². The molecule has 0 radical (unpaired) electrons. The van der Waals surface area contributed by atoms with E-state index >= 15 is 0 Å². The van der Waals surface area contributed by atoms with E-state index in [9.17, 15) is 14.4 Å². The largest absolute Gasteiger partial charge is 0.468 e. The maximum atomic E-state index is 12.5. The van der Waals surface area contributed by atoms with Gasteiger partial charge >= 0.3 is 11.9 Å². The summed E-state index contributed by atoms with van der Waals surface area (Å²) in [6.45, 7) is 1.85. The molecule has 0 saturated heterocycles. The van der Waals surface area contributed by atoms with Gasteiger partial charge in [0.2, 0.25) is 11.9 Å². The van der Waals surface area contributed by atoms with E-state index in [1.807, 2.05) is 0 Å². The van der Waals surface area contributed by atoms with Crippen LogP contribution in [0, 0.1) is 0 Å². The van der Waals surface area contributed by atoms with Crippen LogP contribution < -0.4 is 11.1 Å². The zero-order chi connectivity index (χ0) is 21.7. The van der Waals surface area contributed by atoms with Crippen molar-refractivity contribution in [3.63, 3.8) is 0 Å². The van der Waals surface area contributed by atoms with Crippen molar-refractivity contribution in [2.75, 3.05) is 30.5 Å². The third kappa shape index (κ3) is 5.04. The molecule has 0 aliphatic heterocycles. The van der Waals surface area contributed by atoms with Crippen molar-refractivity contribution in [1.29, 1.82) is 0 Å². The topological polar surface area (TPSA) is 151 Å². The number of nitrogen functional groups attached to an aromatic ring is 1. The molecule has 3 aromatic rings. The molecular formula is C17H18N6O5S2. The smallest absolute Gasteiger partial charge is 0.338 e. The summed E-state index contributed by atoms with van der Waals surface area (Å²) < 4.78 is 11.7. The number of amides is 1. The standard InChI is InChI=1S/C17H18N6O5S2/c1-3-28-14(26)9-4-5-11-10(6-9)19-16(30-11)20-12(24)7-23-15(18)21-22-17(23)29-8-13(25)27-2/h4-6H,3,7-8H2,1-2H3,(H2,18,21)(H,19,20,24). The van der Waals surface area contributed by atoms with Crippen LogP contribution in [-0.2, 0) is 25.6 Å². The van der Waals surface area contributed by atoms with E-state index in [0.717, 1.165) is 16.5 Å². The van der Waals surface area contributed by atoms with Crippen molar-refractivity contribution in [2.45, 2.75) is 18.6 Å². The minimum Gasteiger partial charge on any atom is -0.468 e. The lowest BCUT2D eigenvalue weighted by molar-refractivity contribution is -0.137. The lowest BCUT2D eigenvalue weighted by atomic mass is 10.2. The summed E-state index contributed by atoms with van der Waals surface area (Å²) >= 11 is 2.32. The molecule has 1 amide bonds. The number of methoxy groups -OCH3 is 1. The predicted molar refractivity (Wildman–Crippen MR) is 111 cm³/mol. The number of ether oxygens (including phenoxy) is 2. The number of fused-ring (bicyclic) bond motifs is 1. The first kappa shape index (κ1) is 21.5. The van der Waals surface area contributed by atoms with Gasteiger partial charge in [-0.05, 0) is 25.1 Å². The van der Waals surface area contributed by atoms with Gasteiger partial charge in [0.25, 0.3) is 0 Å². The molecule has 0 atom stereocenters. The number of hydrogen-bond donors (Lipinski definition) is 2.